The Kier molecular flexibility index (Phi) is 3.47. The molecule has 6 nitrogen and oxygen atoms in total. The summed E-state index contributed by atoms with van der Waals surface area (Å²) in [4.78, 5) is 27.3. The third kappa shape index (κ3) is 2.10. The zero-order valence-electron chi connectivity index (χ0n) is 13.6. The van der Waals surface area contributed by atoms with Crippen LogP contribution < -0.4 is 5.56 Å². The molecule has 2 saturated heterocycles. The first-order chi connectivity index (χ1) is 11.6. The number of nitrogens with zero attached hydrogens (tertiary/aromatic N) is 2. The van der Waals surface area contributed by atoms with Gasteiger partial charge in [0.25, 0.3) is 11.5 Å². The van der Waals surface area contributed by atoms with Crippen molar-refractivity contribution in [3.8, 4) is 0 Å². The van der Waals surface area contributed by atoms with Crippen LogP contribution in [-0.4, -0.2) is 53.4 Å². The Bertz CT molecular complexity index is 875. The lowest BCUT2D eigenvalue weighted by atomic mass is 9.82. The predicted molar refractivity (Wildman–Crippen MR) is 88.9 cm³/mol. The van der Waals surface area contributed by atoms with Crippen molar-refractivity contribution in [1.29, 1.82) is 0 Å². The van der Waals surface area contributed by atoms with Crippen LogP contribution in [0, 0.1) is 11.3 Å². The van der Waals surface area contributed by atoms with E-state index in [2.05, 4.69) is 0 Å². The number of aliphatic hydroxyl groups is 1. The Morgan fingerprint density at radius 1 is 1.42 bits per heavy atom. The molecule has 6 heteroatoms. The summed E-state index contributed by atoms with van der Waals surface area (Å²) in [6.45, 7) is 1.98. The van der Waals surface area contributed by atoms with E-state index in [1.54, 1.807) is 18.0 Å². The number of ether oxygens (including phenoxy) is 1. The Morgan fingerprint density at radius 3 is 2.96 bits per heavy atom. The Hall–Kier alpha value is -2.18. The third-order valence-electron chi connectivity index (χ3n) is 5.49. The van der Waals surface area contributed by atoms with Gasteiger partial charge in [-0.15, -0.1) is 0 Å². The Balaban J connectivity index is 1.72. The fraction of sp³-hybridized carbons (Fsp3) is 0.444. The van der Waals surface area contributed by atoms with Crippen molar-refractivity contribution < 1.29 is 14.6 Å². The monoisotopic (exact) mass is 328 g/mol. The highest BCUT2D eigenvalue weighted by Crippen LogP contribution is 2.41. The number of rotatable bonds is 2. The number of carbonyl (C=O) groups excluding carboxylic acids is 1. The van der Waals surface area contributed by atoms with Crippen LogP contribution >= 0.6 is 0 Å². The van der Waals surface area contributed by atoms with Crippen molar-refractivity contribution in [3.63, 3.8) is 0 Å². The van der Waals surface area contributed by atoms with E-state index in [0.29, 0.717) is 26.3 Å². The summed E-state index contributed by atoms with van der Waals surface area (Å²) < 4.78 is 6.99. The van der Waals surface area contributed by atoms with E-state index in [1.165, 1.54) is 4.57 Å². The summed E-state index contributed by atoms with van der Waals surface area (Å²) in [7, 11) is 1.68. The zero-order valence-corrected chi connectivity index (χ0v) is 13.6. The van der Waals surface area contributed by atoms with E-state index < -0.39 is 0 Å². The number of fused-ring (bicyclic) bond motifs is 2. The van der Waals surface area contributed by atoms with Gasteiger partial charge in [-0.25, -0.2) is 0 Å². The van der Waals surface area contributed by atoms with Gasteiger partial charge < -0.3 is 19.3 Å². The average molecular weight is 328 g/mol. The molecule has 2 aromatic rings. The lowest BCUT2D eigenvalue weighted by Gasteiger charge is -2.24. The zero-order chi connectivity index (χ0) is 16.9. The molecule has 2 aliphatic rings. The molecule has 3 heterocycles. The van der Waals surface area contributed by atoms with Gasteiger partial charge in [-0.1, -0.05) is 18.2 Å². The number of likely N-dealkylation sites (tertiary alicyclic amines) is 1. The molecular weight excluding hydrogens is 308 g/mol. The van der Waals surface area contributed by atoms with E-state index in [-0.39, 0.29) is 35.0 Å². The molecule has 0 radical (unpaired) electrons. The van der Waals surface area contributed by atoms with Crippen molar-refractivity contribution in [3.05, 3.63) is 46.2 Å². The minimum absolute atomic E-state index is 0.00280. The molecule has 2 fully saturated rings. The maximum atomic E-state index is 12.9. The predicted octanol–water partition coefficient (Wildman–Crippen LogP) is 0.619. The smallest absolute Gasteiger partial charge is 0.263 e. The first-order valence-electron chi connectivity index (χ1n) is 8.12. The SMILES string of the molecule is Cn1c(=O)c(C(=O)N2C[C@H]3COC[C@@]3(CO)C2)cc2ccccc21. The molecule has 0 unspecified atom stereocenters. The second-order valence-corrected chi connectivity index (χ2v) is 6.90. The highest BCUT2D eigenvalue weighted by Gasteiger charge is 2.51. The molecule has 126 valence electrons. The second kappa shape index (κ2) is 5.43. The van der Waals surface area contributed by atoms with Crippen LogP contribution in [0.15, 0.2) is 35.1 Å². The summed E-state index contributed by atoms with van der Waals surface area (Å²) in [6.07, 6.45) is 0. The van der Waals surface area contributed by atoms with Crippen LogP contribution in [-0.2, 0) is 11.8 Å². The third-order valence-corrected chi connectivity index (χ3v) is 5.49. The van der Waals surface area contributed by atoms with Gasteiger partial charge in [0.05, 0.1) is 25.3 Å². The van der Waals surface area contributed by atoms with E-state index in [4.69, 9.17) is 4.74 Å². The molecule has 0 bridgehead atoms. The van der Waals surface area contributed by atoms with Crippen LogP contribution in [0.3, 0.4) is 0 Å². The summed E-state index contributed by atoms with van der Waals surface area (Å²) in [5.74, 6) is -0.126. The van der Waals surface area contributed by atoms with E-state index in [1.807, 2.05) is 24.3 Å². The molecule has 4 rings (SSSR count). The minimum Gasteiger partial charge on any atom is -0.396 e. The molecule has 0 aliphatic carbocycles. The summed E-state index contributed by atoms with van der Waals surface area (Å²) in [5.41, 5.74) is 0.324. The Morgan fingerprint density at radius 2 is 2.21 bits per heavy atom. The lowest BCUT2D eigenvalue weighted by molar-refractivity contribution is 0.0629. The highest BCUT2D eigenvalue weighted by molar-refractivity contribution is 5.97. The van der Waals surface area contributed by atoms with Gasteiger partial charge in [-0.2, -0.15) is 0 Å². The second-order valence-electron chi connectivity index (χ2n) is 6.90. The minimum atomic E-state index is -0.377. The van der Waals surface area contributed by atoms with Gasteiger partial charge in [0.15, 0.2) is 0 Å². The van der Waals surface area contributed by atoms with E-state index >= 15 is 0 Å². The molecule has 2 atom stereocenters. The molecular formula is C18H20N2O4. The van der Waals surface area contributed by atoms with Crippen LogP contribution in [0.25, 0.3) is 10.9 Å². The normalized spacial score (nSPS) is 26.1. The van der Waals surface area contributed by atoms with Gasteiger partial charge in [-0.05, 0) is 17.5 Å². The van der Waals surface area contributed by atoms with E-state index in [0.717, 1.165) is 10.9 Å². The summed E-state index contributed by atoms with van der Waals surface area (Å²) in [6, 6.07) is 9.20. The topological polar surface area (TPSA) is 71.8 Å². The standard InChI is InChI=1S/C18H20N2O4/c1-19-15-5-3-2-4-12(15)6-14(16(19)22)17(23)20-7-13-8-24-11-18(13,9-20)10-21/h2-6,13,21H,7-11H2,1H3/t13-,18-/m0/s1. The van der Waals surface area contributed by atoms with Gasteiger partial charge in [-0.3, -0.25) is 9.59 Å². The van der Waals surface area contributed by atoms with Crippen molar-refractivity contribution in [2.75, 3.05) is 32.9 Å². The fourth-order valence-electron chi connectivity index (χ4n) is 3.96. The number of benzene rings is 1. The van der Waals surface area contributed by atoms with Gasteiger partial charge >= 0.3 is 0 Å². The number of hydrogen-bond acceptors (Lipinski definition) is 4. The van der Waals surface area contributed by atoms with Crippen LogP contribution in [0.2, 0.25) is 0 Å². The average Bonchev–Trinajstić information content (AvgIpc) is 3.15. The first-order valence-corrected chi connectivity index (χ1v) is 8.12. The van der Waals surface area contributed by atoms with Crippen LogP contribution in [0.4, 0.5) is 0 Å². The molecule has 0 saturated carbocycles. The molecule has 2 aliphatic heterocycles. The number of aryl methyl sites for hydroxylation is 1. The number of hydrogen-bond donors (Lipinski definition) is 1. The van der Waals surface area contributed by atoms with Crippen molar-refractivity contribution >= 4 is 16.8 Å². The fourth-order valence-corrected chi connectivity index (χ4v) is 3.96. The first kappa shape index (κ1) is 15.4. The van der Waals surface area contributed by atoms with Gasteiger partial charge in [0, 0.05) is 31.5 Å². The molecule has 1 aromatic carbocycles. The van der Waals surface area contributed by atoms with Crippen molar-refractivity contribution in [2.24, 2.45) is 18.4 Å². The number of pyridine rings is 1. The summed E-state index contributed by atoms with van der Waals surface area (Å²) >= 11 is 0. The van der Waals surface area contributed by atoms with Crippen LogP contribution in [0.1, 0.15) is 10.4 Å². The van der Waals surface area contributed by atoms with Gasteiger partial charge in [0.2, 0.25) is 0 Å². The number of para-hydroxylation sites is 1. The highest BCUT2D eigenvalue weighted by atomic mass is 16.5. The number of aliphatic hydroxyl groups excluding tert-OH is 1. The largest absolute Gasteiger partial charge is 0.396 e. The maximum absolute atomic E-state index is 12.9. The molecule has 0 spiro atoms. The lowest BCUT2D eigenvalue weighted by Crippen LogP contribution is -2.38. The maximum Gasteiger partial charge on any atom is 0.263 e. The van der Waals surface area contributed by atoms with Gasteiger partial charge in [0.1, 0.15) is 5.56 Å². The number of carbonyl (C=O) groups is 1. The number of amides is 1. The number of aromatic nitrogens is 1. The molecule has 1 aromatic heterocycles. The van der Waals surface area contributed by atoms with Crippen molar-refractivity contribution in [2.45, 2.75) is 0 Å². The quantitative estimate of drug-likeness (QED) is 0.877. The molecule has 1 N–H and O–H groups in total. The van der Waals surface area contributed by atoms with E-state index in [9.17, 15) is 14.7 Å². The molecule has 1 amide bonds. The van der Waals surface area contributed by atoms with Crippen LogP contribution in [0.5, 0.6) is 0 Å². The summed E-state index contributed by atoms with van der Waals surface area (Å²) in [5, 5.41) is 10.6. The van der Waals surface area contributed by atoms with Crippen molar-refractivity contribution in [1.82, 2.24) is 9.47 Å². The Labute approximate surface area is 139 Å². The molecule has 24 heavy (non-hydrogen) atoms.